The van der Waals surface area contributed by atoms with Gasteiger partial charge >= 0.3 is 0 Å². The fraction of sp³-hybridized carbons (Fsp3) is 0.375. The summed E-state index contributed by atoms with van der Waals surface area (Å²) < 4.78 is 0. The second-order valence-electron chi connectivity index (χ2n) is 8.43. The quantitative estimate of drug-likeness (QED) is 0.752. The maximum atomic E-state index is 13.5. The van der Waals surface area contributed by atoms with Crippen molar-refractivity contribution >= 4 is 23.4 Å². The molecule has 154 valence electrons. The lowest BCUT2D eigenvalue weighted by atomic mass is 9.76. The number of nitrogens with one attached hydrogen (secondary N) is 2. The van der Waals surface area contributed by atoms with E-state index in [0.717, 1.165) is 24.0 Å². The van der Waals surface area contributed by atoms with Crippen molar-refractivity contribution in [3.05, 3.63) is 65.7 Å². The second kappa shape index (κ2) is 7.06. The number of fused-ring (bicyclic) bond motifs is 4. The van der Waals surface area contributed by atoms with Crippen molar-refractivity contribution in [3.8, 4) is 0 Å². The van der Waals surface area contributed by atoms with Gasteiger partial charge in [0.2, 0.25) is 17.7 Å². The molecule has 3 amide bonds. The number of anilines is 1. The van der Waals surface area contributed by atoms with E-state index >= 15 is 0 Å². The lowest BCUT2D eigenvalue weighted by molar-refractivity contribution is -0.142. The Balaban J connectivity index is 1.60. The number of benzene rings is 2. The molecule has 3 aliphatic rings. The highest BCUT2D eigenvalue weighted by Crippen LogP contribution is 2.53. The van der Waals surface area contributed by atoms with Crippen LogP contribution in [0, 0.1) is 11.8 Å². The summed E-state index contributed by atoms with van der Waals surface area (Å²) in [6, 6.07) is 17.1. The highest BCUT2D eigenvalue weighted by molar-refractivity contribution is 6.15. The Kier molecular flexibility index (Phi) is 4.47. The summed E-state index contributed by atoms with van der Waals surface area (Å²) in [5, 5.41) is 6.42. The molecule has 30 heavy (non-hydrogen) atoms. The Labute approximate surface area is 175 Å². The van der Waals surface area contributed by atoms with Gasteiger partial charge in [-0.25, -0.2) is 0 Å². The normalized spacial score (nSPS) is 29.4. The molecular formula is C24H25N3O3. The number of rotatable bonds is 5. The van der Waals surface area contributed by atoms with E-state index in [-0.39, 0.29) is 23.8 Å². The molecule has 0 bridgehead atoms. The van der Waals surface area contributed by atoms with Gasteiger partial charge in [0.15, 0.2) is 0 Å². The number of para-hydroxylation sites is 1. The fourth-order valence-corrected chi connectivity index (χ4v) is 5.40. The molecule has 2 fully saturated rings. The SMILES string of the molecule is CCCCN1C(=O)[C@H]2[C@@H](C1=O)[C@@]1(N[C@@H]2Cc2ccccc2)C(=O)Nc2ccccc21. The minimum absolute atomic E-state index is 0.152. The zero-order valence-electron chi connectivity index (χ0n) is 16.9. The predicted molar refractivity (Wildman–Crippen MR) is 112 cm³/mol. The van der Waals surface area contributed by atoms with E-state index in [2.05, 4.69) is 10.6 Å². The van der Waals surface area contributed by atoms with Crippen LogP contribution in [0.5, 0.6) is 0 Å². The molecule has 2 N–H and O–H groups in total. The Hall–Kier alpha value is -2.99. The van der Waals surface area contributed by atoms with Crippen LogP contribution in [0.3, 0.4) is 0 Å². The molecule has 3 aliphatic heterocycles. The van der Waals surface area contributed by atoms with Crippen LogP contribution < -0.4 is 10.6 Å². The lowest BCUT2D eigenvalue weighted by Gasteiger charge is -2.29. The van der Waals surface area contributed by atoms with E-state index in [1.165, 1.54) is 4.90 Å². The summed E-state index contributed by atoms with van der Waals surface area (Å²) >= 11 is 0. The second-order valence-corrected chi connectivity index (χ2v) is 8.43. The average Bonchev–Trinajstić information content (AvgIpc) is 3.33. The molecule has 2 aromatic carbocycles. The average molecular weight is 403 g/mol. The van der Waals surface area contributed by atoms with Crippen molar-refractivity contribution in [2.24, 2.45) is 11.8 Å². The van der Waals surface area contributed by atoms with Gasteiger partial charge in [0.25, 0.3) is 0 Å². The zero-order chi connectivity index (χ0) is 20.9. The van der Waals surface area contributed by atoms with Crippen molar-refractivity contribution in [2.75, 3.05) is 11.9 Å². The molecule has 5 rings (SSSR count). The molecule has 0 aromatic heterocycles. The van der Waals surface area contributed by atoms with E-state index in [4.69, 9.17) is 0 Å². The summed E-state index contributed by atoms with van der Waals surface area (Å²) in [4.78, 5) is 41.6. The van der Waals surface area contributed by atoms with Gasteiger partial charge in [-0.3, -0.25) is 24.6 Å². The smallest absolute Gasteiger partial charge is 0.250 e. The fourth-order valence-electron chi connectivity index (χ4n) is 5.40. The zero-order valence-corrected chi connectivity index (χ0v) is 16.9. The van der Waals surface area contributed by atoms with Crippen LogP contribution in [-0.4, -0.2) is 35.2 Å². The molecule has 0 saturated carbocycles. The van der Waals surface area contributed by atoms with E-state index in [1.54, 1.807) is 0 Å². The molecule has 2 saturated heterocycles. The van der Waals surface area contributed by atoms with Gasteiger partial charge in [0, 0.05) is 23.8 Å². The highest BCUT2D eigenvalue weighted by Gasteiger charge is 2.70. The topological polar surface area (TPSA) is 78.5 Å². The van der Waals surface area contributed by atoms with Crippen LogP contribution in [0.25, 0.3) is 0 Å². The summed E-state index contributed by atoms with van der Waals surface area (Å²) in [6.07, 6.45) is 2.25. The van der Waals surface area contributed by atoms with Crippen LogP contribution in [0.15, 0.2) is 54.6 Å². The van der Waals surface area contributed by atoms with E-state index in [1.807, 2.05) is 61.5 Å². The van der Waals surface area contributed by atoms with Gasteiger partial charge < -0.3 is 5.32 Å². The molecule has 6 nitrogen and oxygen atoms in total. The van der Waals surface area contributed by atoms with Gasteiger partial charge in [-0.15, -0.1) is 0 Å². The molecule has 6 heteroatoms. The van der Waals surface area contributed by atoms with Crippen molar-refractivity contribution in [2.45, 2.75) is 37.8 Å². The van der Waals surface area contributed by atoms with Crippen molar-refractivity contribution in [3.63, 3.8) is 0 Å². The van der Waals surface area contributed by atoms with Crippen LogP contribution in [0.2, 0.25) is 0 Å². The van der Waals surface area contributed by atoms with Gasteiger partial charge in [0.1, 0.15) is 5.54 Å². The number of hydrogen-bond donors (Lipinski definition) is 2. The molecule has 2 aromatic rings. The Bertz CT molecular complexity index is 1020. The summed E-state index contributed by atoms with van der Waals surface area (Å²) in [5.41, 5.74) is 1.35. The third-order valence-electron chi connectivity index (χ3n) is 6.75. The minimum atomic E-state index is -1.20. The van der Waals surface area contributed by atoms with Crippen LogP contribution in [0.4, 0.5) is 5.69 Å². The first kappa shape index (κ1) is 19.0. The van der Waals surface area contributed by atoms with Gasteiger partial charge in [-0.05, 0) is 24.5 Å². The Morgan fingerprint density at radius 2 is 1.70 bits per heavy atom. The van der Waals surface area contributed by atoms with Crippen molar-refractivity contribution in [1.29, 1.82) is 0 Å². The van der Waals surface area contributed by atoms with E-state index < -0.39 is 17.4 Å². The van der Waals surface area contributed by atoms with Crippen molar-refractivity contribution in [1.82, 2.24) is 10.2 Å². The van der Waals surface area contributed by atoms with Gasteiger partial charge in [-0.2, -0.15) is 0 Å². The maximum absolute atomic E-state index is 13.5. The number of imide groups is 1. The Morgan fingerprint density at radius 1 is 0.967 bits per heavy atom. The number of nitrogens with zero attached hydrogens (tertiary/aromatic N) is 1. The summed E-state index contributed by atoms with van der Waals surface area (Å²) in [7, 11) is 0. The molecule has 0 radical (unpaired) electrons. The largest absolute Gasteiger partial charge is 0.324 e. The van der Waals surface area contributed by atoms with Gasteiger partial charge in [-0.1, -0.05) is 61.9 Å². The summed E-state index contributed by atoms with van der Waals surface area (Å²) in [6.45, 7) is 2.45. The number of carbonyl (C=O) groups is 3. The summed E-state index contributed by atoms with van der Waals surface area (Å²) in [5.74, 6) is -1.90. The predicted octanol–water partition coefficient (Wildman–Crippen LogP) is 2.45. The lowest BCUT2D eigenvalue weighted by Crippen LogP contribution is -2.53. The highest BCUT2D eigenvalue weighted by atomic mass is 16.2. The molecule has 0 aliphatic carbocycles. The molecule has 0 unspecified atom stereocenters. The van der Waals surface area contributed by atoms with E-state index in [0.29, 0.717) is 18.7 Å². The van der Waals surface area contributed by atoms with Crippen molar-refractivity contribution < 1.29 is 14.4 Å². The number of unbranched alkanes of at least 4 members (excludes halogenated alkanes) is 1. The third-order valence-corrected chi connectivity index (χ3v) is 6.75. The molecule has 3 heterocycles. The number of likely N-dealkylation sites (tertiary alicyclic amines) is 1. The third kappa shape index (κ3) is 2.56. The molecule has 1 spiro atoms. The number of carbonyl (C=O) groups excluding carboxylic acids is 3. The first-order valence-corrected chi connectivity index (χ1v) is 10.7. The molecule has 4 atom stereocenters. The van der Waals surface area contributed by atoms with Crippen LogP contribution >= 0.6 is 0 Å². The standard InChI is InChI=1S/C24H25N3O3/c1-2-3-13-27-21(28)19-18(14-15-9-5-4-6-10-15)26-24(20(19)22(27)29)16-11-7-8-12-17(16)25-23(24)30/h4-12,18-20,26H,2-3,13-14H2,1H3,(H,25,30)/t18-,19-,20+,24-/m1/s1. The maximum Gasteiger partial charge on any atom is 0.250 e. The molecular weight excluding hydrogens is 378 g/mol. The number of amides is 3. The monoisotopic (exact) mass is 403 g/mol. The first-order chi connectivity index (χ1) is 14.6. The van der Waals surface area contributed by atoms with E-state index in [9.17, 15) is 14.4 Å². The van der Waals surface area contributed by atoms with Crippen LogP contribution in [0.1, 0.15) is 30.9 Å². The van der Waals surface area contributed by atoms with Gasteiger partial charge in [0.05, 0.1) is 11.8 Å². The number of hydrogen-bond acceptors (Lipinski definition) is 4. The minimum Gasteiger partial charge on any atom is -0.324 e. The van der Waals surface area contributed by atoms with Crippen LogP contribution in [-0.2, 0) is 26.3 Å². The first-order valence-electron chi connectivity index (χ1n) is 10.7. The Morgan fingerprint density at radius 3 is 2.47 bits per heavy atom.